The Morgan fingerprint density at radius 2 is 1.74 bits per heavy atom. The number of carboxylic acid groups (broad SMARTS) is 1. The molecule has 14 nitrogen and oxygen atoms in total. The van der Waals surface area contributed by atoms with E-state index in [4.69, 9.17) is 18.9 Å². The lowest BCUT2D eigenvalue weighted by Gasteiger charge is -2.49. The van der Waals surface area contributed by atoms with Gasteiger partial charge in [0.05, 0.1) is 38.6 Å². The van der Waals surface area contributed by atoms with Gasteiger partial charge in [0.25, 0.3) is 0 Å². The van der Waals surface area contributed by atoms with E-state index in [9.17, 15) is 39.9 Å². The Labute approximate surface area is 230 Å². The van der Waals surface area contributed by atoms with E-state index in [1.165, 1.54) is 7.11 Å². The summed E-state index contributed by atoms with van der Waals surface area (Å²) in [4.78, 5) is 36.7. The first-order chi connectivity index (χ1) is 17.7. The van der Waals surface area contributed by atoms with Gasteiger partial charge >= 0.3 is 12.1 Å². The maximum absolute atomic E-state index is 12.5. The molecule has 2 amide bonds. The Balaban J connectivity index is 0.0000144. The molecule has 0 aromatic rings. The summed E-state index contributed by atoms with van der Waals surface area (Å²) in [6.07, 6.45) is -8.05. The molecule has 0 spiro atoms. The highest BCUT2D eigenvalue weighted by Crippen LogP contribution is 2.43. The molecule has 1 saturated heterocycles. The highest BCUT2D eigenvalue weighted by molar-refractivity contribution is 5.82. The fourth-order valence-corrected chi connectivity index (χ4v) is 4.00. The van der Waals surface area contributed by atoms with Crippen LogP contribution in [0.25, 0.3) is 0 Å². The smallest absolute Gasteiger partial charge is 0.407 e. The lowest BCUT2D eigenvalue weighted by Crippen LogP contribution is -2.68. The number of carboxylic acids is 1. The van der Waals surface area contributed by atoms with Crippen molar-refractivity contribution in [1.29, 1.82) is 0 Å². The molecule has 1 fully saturated rings. The number of aliphatic hydroxyl groups excluding tert-OH is 4. The third-order valence-electron chi connectivity index (χ3n) is 6.89. The number of ether oxygens (including phenoxy) is 4. The fraction of sp³-hybridized carbons (Fsp3) is 0.880. The molecular weight excluding hydrogens is 520 g/mol. The van der Waals surface area contributed by atoms with E-state index in [1.807, 2.05) is 27.7 Å². The second-order valence-corrected chi connectivity index (χ2v) is 10.4. The van der Waals surface area contributed by atoms with Crippen molar-refractivity contribution < 1.29 is 58.9 Å². The van der Waals surface area contributed by atoms with Crippen LogP contribution in [-0.4, -0.2) is 126 Å². The summed E-state index contributed by atoms with van der Waals surface area (Å²) in [5.74, 6) is -2.14. The molecule has 1 aliphatic heterocycles. The number of amides is 2. The lowest BCUT2D eigenvalue weighted by atomic mass is 9.69. The van der Waals surface area contributed by atoms with Crippen LogP contribution in [0.5, 0.6) is 0 Å². The average molecular weight is 569 g/mol. The normalized spacial score (nSPS) is 24.8. The fourth-order valence-electron chi connectivity index (χ4n) is 4.00. The maximum Gasteiger partial charge on any atom is 0.407 e. The molecular formula is C25H48N2O12. The van der Waals surface area contributed by atoms with Crippen molar-refractivity contribution in [3.8, 4) is 0 Å². The van der Waals surface area contributed by atoms with Gasteiger partial charge in [-0.25, -0.2) is 9.59 Å². The van der Waals surface area contributed by atoms with E-state index in [0.29, 0.717) is 13.2 Å². The van der Waals surface area contributed by atoms with Crippen molar-refractivity contribution in [2.75, 3.05) is 46.7 Å². The van der Waals surface area contributed by atoms with Crippen molar-refractivity contribution in [3.05, 3.63) is 0 Å². The quantitative estimate of drug-likeness (QED) is 0.115. The van der Waals surface area contributed by atoms with Gasteiger partial charge in [-0.1, -0.05) is 35.1 Å². The summed E-state index contributed by atoms with van der Waals surface area (Å²) in [6, 6.07) is -1.36. The molecule has 0 aromatic carbocycles. The van der Waals surface area contributed by atoms with Gasteiger partial charge < -0.3 is 55.1 Å². The maximum atomic E-state index is 12.5. The topological polar surface area (TPSA) is 213 Å². The number of hydrogen-bond donors (Lipinski definition) is 7. The Morgan fingerprint density at radius 1 is 1.13 bits per heavy atom. The number of rotatable bonds is 16. The molecule has 0 bridgehead atoms. The van der Waals surface area contributed by atoms with Gasteiger partial charge in [0, 0.05) is 13.5 Å². The number of nitrogens with one attached hydrogen (secondary N) is 2. The number of aliphatic carboxylic acids is 1. The van der Waals surface area contributed by atoms with E-state index in [-0.39, 0.29) is 33.0 Å². The summed E-state index contributed by atoms with van der Waals surface area (Å²) >= 11 is 0. The van der Waals surface area contributed by atoms with Gasteiger partial charge in [0.1, 0.15) is 31.5 Å². The molecule has 0 radical (unpaired) electrons. The van der Waals surface area contributed by atoms with Crippen molar-refractivity contribution in [2.24, 2.45) is 11.3 Å². The third kappa shape index (κ3) is 11.1. The number of hydrogen-bond acceptors (Lipinski definition) is 11. The Morgan fingerprint density at radius 3 is 2.28 bits per heavy atom. The van der Waals surface area contributed by atoms with Crippen LogP contribution in [0, 0.1) is 11.3 Å². The standard InChI is InChI=1S/C24H44N2O12.CH4/c1-14(2)23(3,4)13-24(21(32)33)10-15(28)18(20(38-24)19(31)16(29)12-27)26-17(30)11-25-22(34)37-9-8-36-7-6-35-5;/h14-16,18-20,27-29,31H,6-13H2,1-5H3,(H,25,34)(H,26,30)(H,32,33);1H4. The van der Waals surface area contributed by atoms with Gasteiger partial charge in [-0.2, -0.15) is 0 Å². The predicted molar refractivity (Wildman–Crippen MR) is 139 cm³/mol. The summed E-state index contributed by atoms with van der Waals surface area (Å²) in [5, 5.41) is 55.7. The third-order valence-corrected chi connectivity index (χ3v) is 6.89. The summed E-state index contributed by atoms with van der Waals surface area (Å²) in [7, 11) is 1.52. The van der Waals surface area contributed by atoms with Crippen LogP contribution in [0.1, 0.15) is 48.0 Å². The van der Waals surface area contributed by atoms with Crippen molar-refractivity contribution in [3.63, 3.8) is 0 Å². The van der Waals surface area contributed by atoms with Crippen LogP contribution in [0.4, 0.5) is 4.79 Å². The van der Waals surface area contributed by atoms with E-state index >= 15 is 0 Å². The molecule has 0 saturated carbocycles. The van der Waals surface area contributed by atoms with Gasteiger partial charge in [-0.3, -0.25) is 4.79 Å². The molecule has 230 valence electrons. The Bertz CT molecular complexity index is 765. The van der Waals surface area contributed by atoms with E-state index in [1.54, 1.807) is 0 Å². The zero-order valence-electron chi connectivity index (χ0n) is 22.7. The van der Waals surface area contributed by atoms with Gasteiger partial charge in [0.15, 0.2) is 5.60 Å². The molecule has 1 heterocycles. The monoisotopic (exact) mass is 568 g/mol. The Hall–Kier alpha value is -2.07. The Kier molecular flexibility index (Phi) is 16.0. The van der Waals surface area contributed by atoms with Crippen LogP contribution >= 0.6 is 0 Å². The highest BCUT2D eigenvalue weighted by Gasteiger charge is 2.56. The van der Waals surface area contributed by atoms with Crippen LogP contribution in [0.3, 0.4) is 0 Å². The van der Waals surface area contributed by atoms with Crippen molar-refractivity contribution >= 4 is 18.0 Å². The van der Waals surface area contributed by atoms with E-state index in [0.717, 1.165) is 0 Å². The van der Waals surface area contributed by atoms with Crippen LogP contribution in [-0.2, 0) is 28.5 Å². The van der Waals surface area contributed by atoms with Crippen molar-refractivity contribution in [1.82, 2.24) is 10.6 Å². The number of carbonyl (C=O) groups is 3. The number of alkyl carbamates (subject to hydrolysis) is 1. The van der Waals surface area contributed by atoms with E-state index in [2.05, 4.69) is 10.6 Å². The number of aliphatic hydroxyl groups is 4. The van der Waals surface area contributed by atoms with Gasteiger partial charge in [0.2, 0.25) is 5.91 Å². The first kappa shape index (κ1) is 36.9. The zero-order chi connectivity index (χ0) is 29.1. The second kappa shape index (κ2) is 16.9. The second-order valence-electron chi connectivity index (χ2n) is 10.4. The molecule has 0 aromatic heterocycles. The van der Waals surface area contributed by atoms with Crippen LogP contribution in [0.2, 0.25) is 0 Å². The number of methoxy groups -OCH3 is 1. The first-order valence-electron chi connectivity index (χ1n) is 12.5. The van der Waals surface area contributed by atoms with Gasteiger partial charge in [-0.15, -0.1) is 0 Å². The molecule has 6 atom stereocenters. The molecule has 6 unspecified atom stereocenters. The number of carbonyl (C=O) groups excluding carboxylic acids is 2. The lowest BCUT2D eigenvalue weighted by molar-refractivity contribution is -0.237. The SMILES string of the molecule is C.COCCOCCOC(=O)NCC(=O)NC1C(O)CC(CC(C)(C)C(C)C)(C(=O)O)OC1C(O)C(O)CO. The molecule has 1 aliphatic rings. The van der Waals surface area contributed by atoms with E-state index < -0.39 is 79.0 Å². The predicted octanol–water partition coefficient (Wildman–Crippen LogP) is -0.744. The average Bonchev–Trinajstić information content (AvgIpc) is 2.84. The highest BCUT2D eigenvalue weighted by atomic mass is 16.6. The summed E-state index contributed by atoms with van der Waals surface area (Å²) in [6.45, 7) is 6.83. The minimum atomic E-state index is -1.94. The van der Waals surface area contributed by atoms with Crippen LogP contribution in [0.15, 0.2) is 0 Å². The molecule has 14 heteroatoms. The zero-order valence-corrected chi connectivity index (χ0v) is 22.7. The molecule has 0 aliphatic carbocycles. The van der Waals surface area contributed by atoms with Gasteiger partial charge in [-0.05, 0) is 17.8 Å². The van der Waals surface area contributed by atoms with Crippen LogP contribution < -0.4 is 10.6 Å². The molecule has 39 heavy (non-hydrogen) atoms. The minimum Gasteiger partial charge on any atom is -0.479 e. The minimum absolute atomic E-state index is 0. The largest absolute Gasteiger partial charge is 0.479 e. The molecule has 1 rings (SSSR count). The summed E-state index contributed by atoms with van der Waals surface area (Å²) in [5.41, 5.74) is -2.50. The first-order valence-corrected chi connectivity index (χ1v) is 12.5. The summed E-state index contributed by atoms with van der Waals surface area (Å²) < 4.78 is 20.7. The van der Waals surface area contributed by atoms with Crippen molar-refractivity contribution in [2.45, 2.75) is 84.0 Å². The molecule has 7 N–H and O–H groups in total.